The van der Waals surface area contributed by atoms with E-state index in [1.807, 2.05) is 11.8 Å². The molecule has 0 spiro atoms. The van der Waals surface area contributed by atoms with Crippen LogP contribution >= 0.6 is 11.8 Å². The summed E-state index contributed by atoms with van der Waals surface area (Å²) in [6, 6.07) is 0.298. The van der Waals surface area contributed by atoms with E-state index in [2.05, 4.69) is 10.6 Å². The summed E-state index contributed by atoms with van der Waals surface area (Å²) in [5.41, 5.74) is 5.37. The van der Waals surface area contributed by atoms with E-state index in [1.165, 1.54) is 0 Å². The van der Waals surface area contributed by atoms with Crippen LogP contribution in [0.3, 0.4) is 0 Å². The van der Waals surface area contributed by atoms with Crippen LogP contribution in [0.5, 0.6) is 0 Å². The molecule has 3 amide bonds. The van der Waals surface area contributed by atoms with Gasteiger partial charge in [0.15, 0.2) is 0 Å². The average Bonchev–Trinajstić information content (AvgIpc) is 3.63. The number of hydrogen-bond donors (Lipinski definition) is 4. The van der Waals surface area contributed by atoms with Crippen LogP contribution in [0.1, 0.15) is 32.1 Å². The molecule has 5 N–H and O–H groups in total. The van der Waals surface area contributed by atoms with Crippen molar-refractivity contribution in [3.05, 3.63) is 0 Å². The standard InChI is InChI=1S/C31H58N4O12S/c32-6-10-41-14-18-45-22-24-47-20-16-43-12-8-35(7-11-42-15-19-46-23-21-44-17-13-40-9-5-29(37)38)28(36)4-2-1-3-27-30-26(25-48-27)33-31(39)34-30/h26-27,30H,1-25,32H2,(H,37,38)(H2,33,34,39)/t26-,27-,30-/m1/s1. The van der Waals surface area contributed by atoms with E-state index in [0.29, 0.717) is 130 Å². The normalized spacial score (nSPS) is 18.5. The van der Waals surface area contributed by atoms with Gasteiger partial charge < -0.3 is 64.3 Å². The highest BCUT2D eigenvalue weighted by Crippen LogP contribution is 2.33. The van der Waals surface area contributed by atoms with Gasteiger partial charge in [0, 0.05) is 37.1 Å². The number of aliphatic carboxylic acids is 1. The summed E-state index contributed by atoms with van der Waals surface area (Å²) in [7, 11) is 0. The molecule has 0 aromatic rings. The number of carbonyl (C=O) groups excluding carboxylic acids is 2. The van der Waals surface area contributed by atoms with E-state index in [4.69, 9.17) is 48.7 Å². The van der Waals surface area contributed by atoms with Gasteiger partial charge in [-0.1, -0.05) is 6.42 Å². The zero-order valence-electron chi connectivity index (χ0n) is 28.3. The zero-order valence-corrected chi connectivity index (χ0v) is 29.1. The number of nitrogens with zero attached hydrogens (tertiary/aromatic N) is 1. The van der Waals surface area contributed by atoms with E-state index in [1.54, 1.807) is 4.90 Å². The number of nitrogens with two attached hydrogens (primary N) is 1. The van der Waals surface area contributed by atoms with Crippen LogP contribution in [0.2, 0.25) is 0 Å². The Labute approximate surface area is 288 Å². The molecule has 0 aromatic heterocycles. The molecular formula is C31H58N4O12S. The van der Waals surface area contributed by atoms with Gasteiger partial charge in [0.05, 0.1) is 124 Å². The number of carbonyl (C=O) groups is 3. The molecule has 280 valence electrons. The minimum atomic E-state index is -0.889. The second-order valence-corrected chi connectivity index (χ2v) is 12.4. The van der Waals surface area contributed by atoms with E-state index < -0.39 is 5.97 Å². The topological polar surface area (TPSA) is 199 Å². The van der Waals surface area contributed by atoms with Crippen molar-refractivity contribution in [2.24, 2.45) is 5.73 Å². The third kappa shape index (κ3) is 21.3. The summed E-state index contributed by atoms with van der Waals surface area (Å²) >= 11 is 1.88. The number of hydrogen-bond acceptors (Lipinski definition) is 13. The maximum absolute atomic E-state index is 13.1. The smallest absolute Gasteiger partial charge is 0.315 e. The molecule has 2 heterocycles. The highest BCUT2D eigenvalue weighted by atomic mass is 32.2. The van der Waals surface area contributed by atoms with Gasteiger partial charge in [-0.05, 0) is 12.8 Å². The molecule has 2 fully saturated rings. The first-order valence-corrected chi connectivity index (χ1v) is 18.1. The summed E-state index contributed by atoms with van der Waals surface area (Å²) in [5.74, 6) is 0.107. The second-order valence-electron chi connectivity index (χ2n) is 11.1. The maximum atomic E-state index is 13.1. The number of amides is 3. The van der Waals surface area contributed by atoms with E-state index >= 15 is 0 Å². The maximum Gasteiger partial charge on any atom is 0.315 e. The molecule has 3 atom stereocenters. The predicted octanol–water partition coefficient (Wildman–Crippen LogP) is 0.107. The number of rotatable bonds is 34. The molecule has 2 rings (SSSR count). The molecule has 2 aliphatic rings. The third-order valence-electron chi connectivity index (χ3n) is 7.39. The number of fused-ring (bicyclic) bond motifs is 1. The van der Waals surface area contributed by atoms with Crippen molar-refractivity contribution in [2.45, 2.75) is 49.4 Å². The fourth-order valence-electron chi connectivity index (χ4n) is 4.90. The van der Waals surface area contributed by atoms with Crippen molar-refractivity contribution in [3.8, 4) is 0 Å². The third-order valence-corrected chi connectivity index (χ3v) is 8.89. The van der Waals surface area contributed by atoms with Crippen molar-refractivity contribution in [1.29, 1.82) is 0 Å². The van der Waals surface area contributed by atoms with E-state index in [9.17, 15) is 14.4 Å². The molecule has 17 heteroatoms. The Balaban J connectivity index is 1.55. The minimum Gasteiger partial charge on any atom is -0.481 e. The van der Waals surface area contributed by atoms with Crippen LogP contribution in [-0.2, 0) is 47.5 Å². The first kappa shape index (κ1) is 42.4. The number of thioether (sulfide) groups is 1. The summed E-state index contributed by atoms with van der Waals surface area (Å²) < 4.78 is 43.7. The van der Waals surface area contributed by atoms with E-state index in [-0.39, 0.29) is 37.0 Å². The monoisotopic (exact) mass is 710 g/mol. The van der Waals surface area contributed by atoms with Gasteiger partial charge in [-0.15, -0.1) is 0 Å². The van der Waals surface area contributed by atoms with Crippen molar-refractivity contribution in [2.75, 3.05) is 131 Å². The van der Waals surface area contributed by atoms with Gasteiger partial charge in [0.2, 0.25) is 5.91 Å². The Hall–Kier alpha value is -1.80. The van der Waals surface area contributed by atoms with Crippen molar-refractivity contribution in [3.63, 3.8) is 0 Å². The van der Waals surface area contributed by atoms with Crippen LogP contribution in [0.15, 0.2) is 0 Å². The lowest BCUT2D eigenvalue weighted by atomic mass is 10.0. The number of carboxylic acid groups (broad SMARTS) is 1. The quantitative estimate of drug-likeness (QED) is 0.0518. The minimum absolute atomic E-state index is 0.0231. The number of ether oxygens (including phenoxy) is 8. The van der Waals surface area contributed by atoms with Crippen molar-refractivity contribution in [1.82, 2.24) is 15.5 Å². The number of carboxylic acids is 1. The van der Waals surface area contributed by atoms with Gasteiger partial charge in [-0.2, -0.15) is 11.8 Å². The largest absolute Gasteiger partial charge is 0.481 e. The Kier molecular flexibility index (Phi) is 25.6. The summed E-state index contributed by atoms with van der Waals surface area (Å²) in [6.07, 6.45) is 3.09. The SMILES string of the molecule is NCCOCCOCCOCCOCCN(CCOCCOCCOCCOCCC(=O)O)C(=O)CCCC[C@H]1SC[C@H]2NC(=O)N[C@H]21. The molecule has 0 aliphatic carbocycles. The second kappa shape index (κ2) is 29.0. The molecule has 0 radical (unpaired) electrons. The number of nitrogens with one attached hydrogen (secondary N) is 2. The van der Waals surface area contributed by atoms with Gasteiger partial charge in [-0.25, -0.2) is 4.79 Å². The number of unbranched alkanes of at least 4 members (excludes halogenated alkanes) is 1. The summed E-state index contributed by atoms with van der Waals surface area (Å²) in [4.78, 5) is 37.0. The molecule has 16 nitrogen and oxygen atoms in total. The van der Waals surface area contributed by atoms with Crippen LogP contribution < -0.4 is 16.4 Å². The van der Waals surface area contributed by atoms with Gasteiger partial charge in [-0.3, -0.25) is 9.59 Å². The molecule has 0 bridgehead atoms. The molecule has 2 saturated heterocycles. The zero-order chi connectivity index (χ0) is 34.5. The van der Waals surface area contributed by atoms with Crippen molar-refractivity contribution >= 4 is 29.7 Å². The molecular weight excluding hydrogens is 652 g/mol. The van der Waals surface area contributed by atoms with Gasteiger partial charge in [0.1, 0.15) is 0 Å². The number of urea groups is 1. The Morgan fingerprint density at radius 1 is 0.688 bits per heavy atom. The Morgan fingerprint density at radius 3 is 1.67 bits per heavy atom. The molecule has 48 heavy (non-hydrogen) atoms. The van der Waals surface area contributed by atoms with Crippen LogP contribution in [0.25, 0.3) is 0 Å². The van der Waals surface area contributed by atoms with Crippen molar-refractivity contribution < 1.29 is 57.4 Å². The summed E-state index contributed by atoms with van der Waals surface area (Å²) in [5, 5.41) is 14.9. The summed E-state index contributed by atoms with van der Waals surface area (Å²) in [6.45, 7) is 8.02. The Morgan fingerprint density at radius 2 is 1.17 bits per heavy atom. The van der Waals surface area contributed by atoms with Crippen LogP contribution in [0, 0.1) is 0 Å². The van der Waals surface area contributed by atoms with Gasteiger partial charge >= 0.3 is 12.0 Å². The first-order valence-electron chi connectivity index (χ1n) is 17.0. The first-order chi connectivity index (χ1) is 23.5. The lowest BCUT2D eigenvalue weighted by Crippen LogP contribution is -2.37. The predicted molar refractivity (Wildman–Crippen MR) is 178 cm³/mol. The molecule has 2 aliphatic heterocycles. The highest BCUT2D eigenvalue weighted by molar-refractivity contribution is 8.00. The fourth-order valence-corrected chi connectivity index (χ4v) is 6.44. The average molecular weight is 711 g/mol. The van der Waals surface area contributed by atoms with E-state index in [0.717, 1.165) is 25.0 Å². The highest BCUT2D eigenvalue weighted by Gasteiger charge is 2.42. The lowest BCUT2D eigenvalue weighted by molar-refractivity contribution is -0.138. The molecule has 0 aromatic carbocycles. The molecule has 0 unspecified atom stereocenters. The van der Waals surface area contributed by atoms with Gasteiger partial charge in [0.25, 0.3) is 0 Å². The van der Waals surface area contributed by atoms with Crippen LogP contribution in [0.4, 0.5) is 4.79 Å². The molecule has 0 saturated carbocycles. The Bertz CT molecular complexity index is 849. The lowest BCUT2D eigenvalue weighted by Gasteiger charge is -2.23. The fraction of sp³-hybridized carbons (Fsp3) is 0.903. The van der Waals surface area contributed by atoms with Crippen LogP contribution in [-0.4, -0.2) is 176 Å².